The molecule has 0 amide bonds. The summed E-state index contributed by atoms with van der Waals surface area (Å²) in [4.78, 5) is 12.9. The maximum absolute atomic E-state index is 11.1. The molecule has 1 aliphatic rings. The Balaban J connectivity index is 1.94. The smallest absolute Gasteiger partial charge is 0.273 e. The van der Waals surface area contributed by atoms with Gasteiger partial charge in [0.15, 0.2) is 0 Å². The summed E-state index contributed by atoms with van der Waals surface area (Å²) in [6.07, 6.45) is 3.86. The molecule has 0 spiro atoms. The number of furan rings is 1. The van der Waals surface area contributed by atoms with Crippen molar-refractivity contribution >= 4 is 17.1 Å². The summed E-state index contributed by atoms with van der Waals surface area (Å²) < 4.78 is 5.41. The van der Waals surface area contributed by atoms with E-state index in [1.807, 2.05) is 18.2 Å². The molecule has 0 aliphatic heterocycles. The molecule has 1 N–H and O–H groups in total. The fraction of sp³-hybridized carbons (Fsp3) is 0.333. The second kappa shape index (κ2) is 5.47. The van der Waals surface area contributed by atoms with Crippen molar-refractivity contribution in [1.29, 1.82) is 0 Å². The van der Waals surface area contributed by atoms with Gasteiger partial charge in [-0.1, -0.05) is 0 Å². The lowest BCUT2D eigenvalue weighted by Crippen LogP contribution is -2.24. The maximum Gasteiger partial charge on any atom is 0.273 e. The molecule has 0 saturated heterocycles. The highest BCUT2D eigenvalue weighted by molar-refractivity contribution is 5.65. The van der Waals surface area contributed by atoms with Crippen LogP contribution in [0.5, 0.6) is 0 Å². The number of hydrogen-bond acceptors (Lipinski definition) is 5. The molecule has 0 bridgehead atoms. The third kappa shape index (κ3) is 2.99. The number of nitro benzene ring substituents is 1. The molecular formula is C15H17N3O3. The Morgan fingerprint density at radius 3 is 2.81 bits per heavy atom. The van der Waals surface area contributed by atoms with Crippen LogP contribution in [0.4, 0.5) is 17.1 Å². The Morgan fingerprint density at radius 2 is 2.24 bits per heavy atom. The normalized spacial score (nSPS) is 14.0. The minimum absolute atomic E-state index is 0.0990. The van der Waals surface area contributed by atoms with E-state index < -0.39 is 0 Å². The van der Waals surface area contributed by atoms with Crippen LogP contribution in [-0.2, 0) is 6.54 Å². The molecule has 1 saturated carbocycles. The Bertz CT molecular complexity index is 636. The van der Waals surface area contributed by atoms with Gasteiger partial charge in [0.2, 0.25) is 0 Å². The molecular weight excluding hydrogens is 270 g/mol. The van der Waals surface area contributed by atoms with Gasteiger partial charge in [-0.2, -0.15) is 0 Å². The highest BCUT2D eigenvalue weighted by Crippen LogP contribution is 2.36. The largest absolute Gasteiger partial charge is 0.467 e. The van der Waals surface area contributed by atoms with Crippen LogP contribution in [0.15, 0.2) is 41.0 Å². The van der Waals surface area contributed by atoms with Gasteiger partial charge in [0, 0.05) is 36.6 Å². The molecule has 1 aromatic carbocycles. The molecule has 0 radical (unpaired) electrons. The number of rotatable bonds is 6. The molecule has 110 valence electrons. The zero-order chi connectivity index (χ0) is 14.8. The van der Waals surface area contributed by atoms with Gasteiger partial charge < -0.3 is 14.6 Å². The van der Waals surface area contributed by atoms with Crippen molar-refractivity contribution in [1.82, 2.24) is 0 Å². The Hall–Kier alpha value is -2.50. The van der Waals surface area contributed by atoms with E-state index in [9.17, 15) is 10.1 Å². The summed E-state index contributed by atoms with van der Waals surface area (Å²) in [6.45, 7) is 0.627. The lowest BCUT2D eigenvalue weighted by molar-refractivity contribution is -0.384. The summed E-state index contributed by atoms with van der Waals surface area (Å²) >= 11 is 0. The summed E-state index contributed by atoms with van der Waals surface area (Å²) in [5.74, 6) is 0.861. The SMILES string of the molecule is CNc1cc(N(Cc2ccco2)C2CC2)cc([N+](=O)[O-])c1. The molecule has 6 heteroatoms. The number of hydrogen-bond donors (Lipinski definition) is 1. The summed E-state index contributed by atoms with van der Waals surface area (Å²) in [6, 6.07) is 9.32. The van der Waals surface area contributed by atoms with Gasteiger partial charge in [-0.3, -0.25) is 10.1 Å². The van der Waals surface area contributed by atoms with Crippen molar-refractivity contribution in [2.75, 3.05) is 17.3 Å². The van der Waals surface area contributed by atoms with Crippen molar-refractivity contribution < 1.29 is 9.34 Å². The number of nitrogens with one attached hydrogen (secondary N) is 1. The number of benzene rings is 1. The van der Waals surface area contributed by atoms with Crippen LogP contribution >= 0.6 is 0 Å². The summed E-state index contributed by atoms with van der Waals surface area (Å²) in [7, 11) is 1.76. The van der Waals surface area contributed by atoms with Crippen LogP contribution in [-0.4, -0.2) is 18.0 Å². The van der Waals surface area contributed by atoms with Crippen LogP contribution in [0.2, 0.25) is 0 Å². The minimum Gasteiger partial charge on any atom is -0.467 e. The maximum atomic E-state index is 11.1. The van der Waals surface area contributed by atoms with Crippen LogP contribution < -0.4 is 10.2 Å². The predicted molar refractivity (Wildman–Crippen MR) is 80.6 cm³/mol. The highest BCUT2D eigenvalue weighted by Gasteiger charge is 2.31. The quantitative estimate of drug-likeness (QED) is 0.651. The Kier molecular flexibility index (Phi) is 3.51. The molecule has 0 unspecified atom stereocenters. The van der Waals surface area contributed by atoms with Gasteiger partial charge in [-0.05, 0) is 31.0 Å². The molecule has 3 rings (SSSR count). The first kappa shape index (κ1) is 13.5. The van der Waals surface area contributed by atoms with Crippen molar-refractivity contribution in [3.05, 3.63) is 52.5 Å². The van der Waals surface area contributed by atoms with Crippen molar-refractivity contribution in [3.8, 4) is 0 Å². The van der Waals surface area contributed by atoms with E-state index in [1.165, 1.54) is 0 Å². The molecule has 1 heterocycles. The number of non-ortho nitro benzene ring substituents is 1. The second-order valence-electron chi connectivity index (χ2n) is 5.18. The topological polar surface area (TPSA) is 71.5 Å². The standard InChI is InChI=1S/C15H17N3O3/c1-16-11-7-13(9-14(8-11)18(19)20)17(12-4-5-12)10-15-3-2-6-21-15/h2-3,6-9,12,16H,4-5,10H2,1H3. The van der Waals surface area contributed by atoms with Crippen molar-refractivity contribution in [2.24, 2.45) is 0 Å². The fourth-order valence-electron chi connectivity index (χ4n) is 2.40. The van der Waals surface area contributed by atoms with Crippen LogP contribution in [0.25, 0.3) is 0 Å². The van der Waals surface area contributed by atoms with E-state index in [-0.39, 0.29) is 10.6 Å². The average molecular weight is 287 g/mol. The number of anilines is 2. The van der Waals surface area contributed by atoms with Crippen molar-refractivity contribution in [2.45, 2.75) is 25.4 Å². The van der Waals surface area contributed by atoms with Gasteiger partial charge in [-0.25, -0.2) is 0 Å². The molecule has 6 nitrogen and oxygen atoms in total. The first-order chi connectivity index (χ1) is 10.2. The Morgan fingerprint density at radius 1 is 1.43 bits per heavy atom. The van der Waals surface area contributed by atoms with Gasteiger partial charge in [0.25, 0.3) is 5.69 Å². The average Bonchev–Trinajstić information content (AvgIpc) is 3.20. The summed E-state index contributed by atoms with van der Waals surface area (Å²) in [5.41, 5.74) is 1.69. The summed E-state index contributed by atoms with van der Waals surface area (Å²) in [5, 5.41) is 14.1. The van der Waals surface area contributed by atoms with E-state index in [2.05, 4.69) is 10.2 Å². The van der Waals surface area contributed by atoms with Crippen LogP contribution in [0.1, 0.15) is 18.6 Å². The van der Waals surface area contributed by atoms with Gasteiger partial charge in [0.1, 0.15) is 5.76 Å². The molecule has 1 aromatic heterocycles. The lowest BCUT2D eigenvalue weighted by atomic mass is 10.2. The predicted octanol–water partition coefficient (Wildman–Crippen LogP) is 3.40. The van der Waals surface area contributed by atoms with E-state index in [1.54, 1.807) is 25.4 Å². The molecule has 21 heavy (non-hydrogen) atoms. The third-order valence-corrected chi connectivity index (χ3v) is 3.63. The minimum atomic E-state index is -0.359. The van der Waals surface area contributed by atoms with E-state index in [0.717, 1.165) is 30.0 Å². The highest BCUT2D eigenvalue weighted by atomic mass is 16.6. The van der Waals surface area contributed by atoms with E-state index in [4.69, 9.17) is 4.42 Å². The van der Waals surface area contributed by atoms with E-state index in [0.29, 0.717) is 12.6 Å². The first-order valence-corrected chi connectivity index (χ1v) is 6.93. The molecule has 0 atom stereocenters. The zero-order valence-corrected chi connectivity index (χ0v) is 11.8. The molecule has 1 aliphatic carbocycles. The van der Waals surface area contributed by atoms with Gasteiger partial charge >= 0.3 is 0 Å². The van der Waals surface area contributed by atoms with Crippen molar-refractivity contribution in [3.63, 3.8) is 0 Å². The van der Waals surface area contributed by atoms with Gasteiger partial charge in [0.05, 0.1) is 17.7 Å². The number of nitro groups is 1. The monoisotopic (exact) mass is 287 g/mol. The number of nitrogens with zero attached hydrogens (tertiary/aromatic N) is 2. The van der Waals surface area contributed by atoms with E-state index >= 15 is 0 Å². The first-order valence-electron chi connectivity index (χ1n) is 6.93. The Labute approximate surface area is 122 Å². The lowest BCUT2D eigenvalue weighted by Gasteiger charge is -2.24. The van der Waals surface area contributed by atoms with Crippen LogP contribution in [0, 0.1) is 10.1 Å². The third-order valence-electron chi connectivity index (χ3n) is 3.63. The zero-order valence-electron chi connectivity index (χ0n) is 11.8. The van der Waals surface area contributed by atoms with Gasteiger partial charge in [-0.15, -0.1) is 0 Å². The molecule has 2 aromatic rings. The van der Waals surface area contributed by atoms with Crippen LogP contribution in [0.3, 0.4) is 0 Å². The molecule has 1 fully saturated rings. The second-order valence-corrected chi connectivity index (χ2v) is 5.18. The fourth-order valence-corrected chi connectivity index (χ4v) is 2.40.